The molecule has 0 bridgehead atoms. The summed E-state index contributed by atoms with van der Waals surface area (Å²) in [6.07, 6.45) is 3.00. The van der Waals surface area contributed by atoms with Crippen LogP contribution in [-0.4, -0.2) is 60.9 Å². The molecule has 0 unspecified atom stereocenters. The first-order valence-corrected chi connectivity index (χ1v) is 12.1. The van der Waals surface area contributed by atoms with Crippen LogP contribution in [0.1, 0.15) is 45.2 Å². The smallest absolute Gasteiger partial charge is 0.406 e. The van der Waals surface area contributed by atoms with E-state index in [1.54, 1.807) is 34.2 Å². The number of carbonyl (C=O) groups excluding carboxylic acids is 2. The molecule has 0 atom stereocenters. The number of aryl methyl sites for hydroxylation is 1. The van der Waals surface area contributed by atoms with Crippen LogP contribution < -0.4 is 10.1 Å². The summed E-state index contributed by atoms with van der Waals surface area (Å²) in [6, 6.07) is 10.4. The third-order valence-electron chi connectivity index (χ3n) is 6.39. The molecule has 13 heteroatoms. The minimum atomic E-state index is -4.79. The van der Waals surface area contributed by atoms with E-state index in [4.69, 9.17) is 0 Å². The summed E-state index contributed by atoms with van der Waals surface area (Å²) in [5.74, 6) is -0.950. The van der Waals surface area contributed by atoms with Crippen LogP contribution in [0.15, 0.2) is 67.3 Å². The second-order valence-electron chi connectivity index (χ2n) is 9.13. The standard InChI is InChI=1S/C26H24F3N7O3/c1-17-2-7-23(35-13-10-30-33-35)22(14-17)24(37)32-19-15-31-36(16-19)20-8-11-34(12-9-20)25(38)18-3-5-21(6-4-18)39-26(27,28)29/h2-7,10,13-16,20H,8-9,11-12H2,1H3,(H,32,37). The van der Waals surface area contributed by atoms with E-state index >= 15 is 0 Å². The highest BCUT2D eigenvalue weighted by Gasteiger charge is 2.31. The Balaban J connectivity index is 1.19. The van der Waals surface area contributed by atoms with Crippen molar-refractivity contribution < 1.29 is 27.5 Å². The number of benzene rings is 2. The van der Waals surface area contributed by atoms with E-state index in [0.29, 0.717) is 42.9 Å². The molecule has 39 heavy (non-hydrogen) atoms. The summed E-state index contributed by atoms with van der Waals surface area (Å²) < 4.78 is 44.2. The number of amides is 2. The van der Waals surface area contributed by atoms with Crippen LogP contribution in [0.25, 0.3) is 5.69 Å². The zero-order chi connectivity index (χ0) is 27.6. The number of nitrogens with one attached hydrogen (secondary N) is 1. The summed E-state index contributed by atoms with van der Waals surface area (Å²) in [7, 11) is 0. The highest BCUT2D eigenvalue weighted by Crippen LogP contribution is 2.27. The number of halogens is 3. The summed E-state index contributed by atoms with van der Waals surface area (Å²) in [5.41, 5.74) is 2.78. The van der Waals surface area contributed by atoms with Gasteiger partial charge in [0.05, 0.1) is 41.6 Å². The monoisotopic (exact) mass is 539 g/mol. The minimum absolute atomic E-state index is 0.0203. The highest BCUT2D eigenvalue weighted by molar-refractivity contribution is 6.06. The Labute approximate surface area is 221 Å². The number of rotatable bonds is 6. The first-order chi connectivity index (χ1) is 18.7. The molecule has 2 aromatic carbocycles. The fourth-order valence-electron chi connectivity index (χ4n) is 4.48. The summed E-state index contributed by atoms with van der Waals surface area (Å²) in [4.78, 5) is 27.6. The maximum Gasteiger partial charge on any atom is 0.573 e. The predicted octanol–water partition coefficient (Wildman–Crippen LogP) is 4.40. The quantitative estimate of drug-likeness (QED) is 0.389. The maximum atomic E-state index is 13.1. The normalized spacial score (nSPS) is 14.3. The van der Waals surface area contributed by atoms with Gasteiger partial charge in [0.25, 0.3) is 11.8 Å². The van der Waals surface area contributed by atoms with Crippen LogP contribution in [0.2, 0.25) is 0 Å². The highest BCUT2D eigenvalue weighted by atomic mass is 19.4. The average Bonchev–Trinajstić information content (AvgIpc) is 3.61. The van der Waals surface area contributed by atoms with Gasteiger partial charge in [-0.05, 0) is 56.2 Å². The lowest BCUT2D eigenvalue weighted by Crippen LogP contribution is -2.39. The summed E-state index contributed by atoms with van der Waals surface area (Å²) >= 11 is 0. The number of hydrogen-bond donors (Lipinski definition) is 1. The fourth-order valence-corrected chi connectivity index (χ4v) is 4.48. The number of hydrogen-bond acceptors (Lipinski definition) is 6. The molecule has 5 rings (SSSR count). The predicted molar refractivity (Wildman–Crippen MR) is 134 cm³/mol. The number of ether oxygens (including phenoxy) is 1. The van der Waals surface area contributed by atoms with Crippen molar-refractivity contribution in [2.75, 3.05) is 18.4 Å². The van der Waals surface area contributed by atoms with Gasteiger partial charge in [0.15, 0.2) is 0 Å². The van der Waals surface area contributed by atoms with Gasteiger partial charge < -0.3 is 15.0 Å². The fraction of sp³-hybridized carbons (Fsp3) is 0.269. The van der Waals surface area contributed by atoms with E-state index in [1.807, 2.05) is 19.1 Å². The number of likely N-dealkylation sites (tertiary alicyclic amines) is 1. The van der Waals surface area contributed by atoms with E-state index < -0.39 is 6.36 Å². The first kappa shape index (κ1) is 25.9. The van der Waals surface area contributed by atoms with Crippen molar-refractivity contribution in [2.24, 2.45) is 0 Å². The van der Waals surface area contributed by atoms with Gasteiger partial charge in [0, 0.05) is 24.8 Å². The molecular weight excluding hydrogens is 515 g/mol. The molecule has 10 nitrogen and oxygen atoms in total. The molecule has 2 amide bonds. The molecule has 2 aromatic heterocycles. The Hall–Kier alpha value is -4.68. The number of alkyl halides is 3. The molecule has 0 saturated carbocycles. The van der Waals surface area contributed by atoms with Gasteiger partial charge in [-0.15, -0.1) is 18.3 Å². The molecule has 3 heterocycles. The average molecular weight is 540 g/mol. The molecule has 1 aliphatic rings. The molecule has 0 aliphatic carbocycles. The van der Waals surface area contributed by atoms with Crippen molar-refractivity contribution in [1.29, 1.82) is 0 Å². The Kier molecular flexibility index (Phi) is 7.05. The molecule has 0 spiro atoms. The zero-order valence-corrected chi connectivity index (χ0v) is 20.8. The molecule has 4 aromatic rings. The molecule has 1 N–H and O–H groups in total. The lowest BCUT2D eigenvalue weighted by atomic mass is 10.0. The van der Waals surface area contributed by atoms with Crippen molar-refractivity contribution in [1.82, 2.24) is 29.7 Å². The Morgan fingerprint density at radius 1 is 1.08 bits per heavy atom. The lowest BCUT2D eigenvalue weighted by molar-refractivity contribution is -0.274. The van der Waals surface area contributed by atoms with E-state index in [1.165, 1.54) is 23.0 Å². The zero-order valence-electron chi connectivity index (χ0n) is 20.8. The molecule has 1 saturated heterocycles. The van der Waals surface area contributed by atoms with Gasteiger partial charge in [-0.3, -0.25) is 14.3 Å². The van der Waals surface area contributed by atoms with Gasteiger partial charge >= 0.3 is 6.36 Å². The Morgan fingerprint density at radius 3 is 2.49 bits per heavy atom. The molecular formula is C26H24F3N7O3. The molecule has 202 valence electrons. The van der Waals surface area contributed by atoms with Crippen LogP contribution in [0.4, 0.5) is 18.9 Å². The summed E-state index contributed by atoms with van der Waals surface area (Å²) in [6.45, 7) is 2.81. The van der Waals surface area contributed by atoms with Crippen molar-refractivity contribution >= 4 is 17.5 Å². The minimum Gasteiger partial charge on any atom is -0.406 e. The summed E-state index contributed by atoms with van der Waals surface area (Å²) in [5, 5.41) is 15.1. The van der Waals surface area contributed by atoms with Crippen molar-refractivity contribution in [2.45, 2.75) is 32.2 Å². The van der Waals surface area contributed by atoms with E-state index in [-0.39, 0.29) is 29.2 Å². The Bertz CT molecular complexity index is 1460. The molecule has 1 aliphatic heterocycles. The number of anilines is 1. The molecule has 0 radical (unpaired) electrons. The Morgan fingerprint density at radius 2 is 1.82 bits per heavy atom. The number of nitrogens with zero attached hydrogens (tertiary/aromatic N) is 6. The topological polar surface area (TPSA) is 107 Å². The first-order valence-electron chi connectivity index (χ1n) is 12.1. The largest absolute Gasteiger partial charge is 0.573 e. The van der Waals surface area contributed by atoms with Gasteiger partial charge in [0.2, 0.25) is 0 Å². The van der Waals surface area contributed by atoms with E-state index in [2.05, 4.69) is 25.5 Å². The van der Waals surface area contributed by atoms with Crippen LogP contribution in [0.5, 0.6) is 5.75 Å². The van der Waals surface area contributed by atoms with Gasteiger partial charge in [-0.1, -0.05) is 16.8 Å². The van der Waals surface area contributed by atoms with Crippen LogP contribution in [-0.2, 0) is 0 Å². The maximum absolute atomic E-state index is 13.1. The van der Waals surface area contributed by atoms with Crippen LogP contribution in [0.3, 0.4) is 0 Å². The molecule has 1 fully saturated rings. The number of carbonyl (C=O) groups is 2. The number of aromatic nitrogens is 5. The van der Waals surface area contributed by atoms with Crippen molar-refractivity contribution in [3.8, 4) is 11.4 Å². The lowest BCUT2D eigenvalue weighted by Gasteiger charge is -2.32. The van der Waals surface area contributed by atoms with E-state index in [0.717, 1.165) is 17.7 Å². The third kappa shape index (κ3) is 6.08. The second-order valence-corrected chi connectivity index (χ2v) is 9.13. The van der Waals surface area contributed by atoms with E-state index in [9.17, 15) is 22.8 Å². The van der Waals surface area contributed by atoms with Gasteiger partial charge in [0.1, 0.15) is 5.75 Å². The van der Waals surface area contributed by atoms with Crippen molar-refractivity contribution in [3.05, 3.63) is 83.9 Å². The number of piperidine rings is 1. The SMILES string of the molecule is Cc1ccc(-n2ccnn2)c(C(=O)Nc2cnn(C3CCN(C(=O)c4ccc(OC(F)(F)F)cc4)CC3)c2)c1. The van der Waals surface area contributed by atoms with Crippen LogP contribution in [0, 0.1) is 6.92 Å². The van der Waals surface area contributed by atoms with Gasteiger partial charge in [-0.2, -0.15) is 5.10 Å². The third-order valence-corrected chi connectivity index (χ3v) is 6.39. The second kappa shape index (κ2) is 10.6. The van der Waals surface area contributed by atoms with Gasteiger partial charge in [-0.25, -0.2) is 4.68 Å². The van der Waals surface area contributed by atoms with Crippen LogP contribution >= 0.6 is 0 Å². The van der Waals surface area contributed by atoms with Crippen molar-refractivity contribution in [3.63, 3.8) is 0 Å².